The van der Waals surface area contributed by atoms with Gasteiger partial charge >= 0.3 is 5.97 Å². The molecule has 7 heteroatoms. The van der Waals surface area contributed by atoms with Gasteiger partial charge in [-0.25, -0.2) is 4.98 Å². The highest BCUT2D eigenvalue weighted by molar-refractivity contribution is 5.67. The van der Waals surface area contributed by atoms with Crippen molar-refractivity contribution in [1.82, 2.24) is 4.98 Å². The van der Waals surface area contributed by atoms with Gasteiger partial charge in [-0.15, -0.1) is 0 Å². The summed E-state index contributed by atoms with van der Waals surface area (Å²) in [7, 11) is 0. The first-order valence-electron chi connectivity index (χ1n) is 4.41. The normalized spacial score (nSPS) is 14.4. The van der Waals surface area contributed by atoms with Gasteiger partial charge in [0.25, 0.3) is 0 Å². The molecule has 2 unspecified atom stereocenters. The van der Waals surface area contributed by atoms with E-state index in [0.29, 0.717) is 0 Å². The minimum absolute atomic E-state index is 0.0154. The number of pyridine rings is 1. The van der Waals surface area contributed by atoms with Crippen molar-refractivity contribution >= 4 is 11.7 Å². The van der Waals surface area contributed by atoms with Gasteiger partial charge in [-0.3, -0.25) is 4.79 Å². The van der Waals surface area contributed by atoms with Crippen LogP contribution in [0.3, 0.4) is 0 Å². The molecule has 1 aromatic heterocycles. The Kier molecular flexibility index (Phi) is 3.75. The smallest absolute Gasteiger partial charge is 0.306 e. The maximum absolute atomic E-state index is 12.8. The Hall–Kier alpha value is -1.73. The molecule has 0 spiro atoms. The largest absolute Gasteiger partial charge is 0.481 e. The molecule has 16 heavy (non-hydrogen) atoms. The van der Waals surface area contributed by atoms with Crippen LogP contribution in [0.15, 0.2) is 12.1 Å². The number of carboxylic acids is 1. The number of nitrogens with two attached hydrogens (primary N) is 1. The van der Waals surface area contributed by atoms with Crippen LogP contribution in [-0.2, 0) is 4.79 Å². The number of hydrogen-bond donors (Lipinski definition) is 4. The molecule has 0 amide bonds. The second-order valence-electron chi connectivity index (χ2n) is 3.22. The quantitative estimate of drug-likeness (QED) is 0.526. The van der Waals surface area contributed by atoms with Crippen molar-refractivity contribution in [3.8, 4) is 0 Å². The molecule has 0 aromatic carbocycles. The van der Waals surface area contributed by atoms with E-state index in [2.05, 4.69) is 4.98 Å². The third kappa shape index (κ3) is 2.88. The van der Waals surface area contributed by atoms with E-state index in [0.717, 1.165) is 6.07 Å². The highest BCUT2D eigenvalue weighted by atomic mass is 19.1. The molecule has 1 aromatic rings. The summed E-state index contributed by atoms with van der Waals surface area (Å²) in [5.41, 5.74) is 5.13. The summed E-state index contributed by atoms with van der Waals surface area (Å²) in [6, 6.07) is 2.17. The molecule has 0 bridgehead atoms. The number of anilines is 1. The van der Waals surface area contributed by atoms with E-state index in [4.69, 9.17) is 10.8 Å². The van der Waals surface area contributed by atoms with Crippen molar-refractivity contribution < 1.29 is 24.5 Å². The Morgan fingerprint density at radius 2 is 2.12 bits per heavy atom. The molecular formula is C9H11FN2O4. The first kappa shape index (κ1) is 12.3. The van der Waals surface area contributed by atoms with Crippen LogP contribution in [0.5, 0.6) is 0 Å². The van der Waals surface area contributed by atoms with Gasteiger partial charge in [0.15, 0.2) is 0 Å². The summed E-state index contributed by atoms with van der Waals surface area (Å²) in [6.07, 6.45) is -3.90. The molecule has 0 aliphatic heterocycles. The topological polar surface area (TPSA) is 117 Å². The van der Waals surface area contributed by atoms with Crippen molar-refractivity contribution in [3.63, 3.8) is 0 Å². The number of aliphatic hydroxyl groups excluding tert-OH is 2. The average molecular weight is 230 g/mol. The van der Waals surface area contributed by atoms with Gasteiger partial charge in [0.2, 0.25) is 5.95 Å². The molecule has 0 saturated carbocycles. The van der Waals surface area contributed by atoms with E-state index in [9.17, 15) is 19.4 Å². The fraction of sp³-hybridized carbons (Fsp3) is 0.333. The number of aliphatic hydroxyl groups is 2. The summed E-state index contributed by atoms with van der Waals surface area (Å²) in [6.45, 7) is 0. The summed E-state index contributed by atoms with van der Waals surface area (Å²) < 4.78 is 12.8. The minimum Gasteiger partial charge on any atom is -0.481 e. The van der Waals surface area contributed by atoms with Gasteiger partial charge in [0.1, 0.15) is 6.10 Å². The van der Waals surface area contributed by atoms with E-state index in [-0.39, 0.29) is 11.4 Å². The zero-order valence-electron chi connectivity index (χ0n) is 8.17. The Morgan fingerprint density at radius 3 is 2.69 bits per heavy atom. The van der Waals surface area contributed by atoms with Crippen molar-refractivity contribution in [1.29, 1.82) is 0 Å². The highest BCUT2D eigenvalue weighted by Crippen LogP contribution is 2.22. The number of carboxylic acid groups (broad SMARTS) is 1. The maximum atomic E-state index is 12.8. The first-order valence-corrected chi connectivity index (χ1v) is 4.41. The van der Waals surface area contributed by atoms with Crippen molar-refractivity contribution in [2.24, 2.45) is 0 Å². The lowest BCUT2D eigenvalue weighted by atomic mass is 10.1. The zero-order valence-corrected chi connectivity index (χ0v) is 8.17. The number of nitrogen functional groups attached to an aromatic ring is 1. The number of carbonyl (C=O) groups is 1. The molecule has 0 aliphatic rings. The SMILES string of the molecule is Nc1ccc(F)nc1C(O)C(O)CC(=O)O. The fourth-order valence-electron chi connectivity index (χ4n) is 1.17. The third-order valence-electron chi connectivity index (χ3n) is 1.95. The molecule has 1 heterocycles. The number of hydrogen-bond acceptors (Lipinski definition) is 5. The lowest BCUT2D eigenvalue weighted by molar-refractivity contribution is -0.141. The van der Waals surface area contributed by atoms with Crippen molar-refractivity contribution in [2.75, 3.05) is 5.73 Å². The van der Waals surface area contributed by atoms with E-state index < -0.39 is 30.5 Å². The van der Waals surface area contributed by atoms with Crippen LogP contribution in [0, 0.1) is 5.95 Å². The van der Waals surface area contributed by atoms with Gasteiger partial charge < -0.3 is 21.1 Å². The fourth-order valence-corrected chi connectivity index (χ4v) is 1.17. The van der Waals surface area contributed by atoms with Crippen LogP contribution in [0.4, 0.5) is 10.1 Å². The minimum atomic E-state index is -1.63. The standard InChI is InChI=1S/C9H11FN2O4/c10-6-2-1-4(11)8(12-6)9(16)5(13)3-7(14)15/h1-2,5,9,13,16H,3,11H2,(H,14,15). The van der Waals surface area contributed by atoms with Crippen LogP contribution in [0.25, 0.3) is 0 Å². The van der Waals surface area contributed by atoms with Gasteiger partial charge in [0, 0.05) is 0 Å². The Morgan fingerprint density at radius 1 is 1.50 bits per heavy atom. The lowest BCUT2D eigenvalue weighted by Gasteiger charge is -2.16. The number of rotatable bonds is 4. The molecule has 0 fully saturated rings. The predicted molar refractivity (Wildman–Crippen MR) is 51.8 cm³/mol. The van der Waals surface area contributed by atoms with Crippen LogP contribution in [0.1, 0.15) is 18.2 Å². The number of aromatic nitrogens is 1. The third-order valence-corrected chi connectivity index (χ3v) is 1.95. The monoisotopic (exact) mass is 230 g/mol. The summed E-state index contributed by atoms with van der Waals surface area (Å²) >= 11 is 0. The van der Waals surface area contributed by atoms with Crippen molar-refractivity contribution in [2.45, 2.75) is 18.6 Å². The van der Waals surface area contributed by atoms with E-state index >= 15 is 0 Å². The number of halogens is 1. The Balaban J connectivity index is 2.90. The number of nitrogens with zero attached hydrogens (tertiary/aromatic N) is 1. The summed E-state index contributed by atoms with van der Waals surface area (Å²) in [4.78, 5) is 13.6. The van der Waals surface area contributed by atoms with Gasteiger partial charge in [-0.2, -0.15) is 4.39 Å². The van der Waals surface area contributed by atoms with Crippen molar-refractivity contribution in [3.05, 3.63) is 23.8 Å². The van der Waals surface area contributed by atoms with Gasteiger partial charge in [0.05, 0.1) is 23.9 Å². The highest BCUT2D eigenvalue weighted by Gasteiger charge is 2.24. The Bertz CT molecular complexity index is 399. The van der Waals surface area contributed by atoms with E-state index in [1.165, 1.54) is 6.07 Å². The molecule has 2 atom stereocenters. The number of aliphatic carboxylic acids is 1. The second-order valence-corrected chi connectivity index (χ2v) is 3.22. The van der Waals surface area contributed by atoms with Gasteiger partial charge in [-0.05, 0) is 12.1 Å². The lowest BCUT2D eigenvalue weighted by Crippen LogP contribution is -2.23. The molecule has 88 valence electrons. The molecule has 0 aliphatic carbocycles. The van der Waals surface area contributed by atoms with Crippen LogP contribution < -0.4 is 5.73 Å². The molecule has 5 N–H and O–H groups in total. The molecule has 0 saturated heterocycles. The Labute approximate surface area is 90.2 Å². The van der Waals surface area contributed by atoms with E-state index in [1.807, 2.05) is 0 Å². The average Bonchev–Trinajstić information content (AvgIpc) is 2.19. The second kappa shape index (κ2) is 4.86. The van der Waals surface area contributed by atoms with Gasteiger partial charge in [-0.1, -0.05) is 0 Å². The maximum Gasteiger partial charge on any atom is 0.306 e. The summed E-state index contributed by atoms with van der Waals surface area (Å²) in [5, 5.41) is 27.2. The molecule has 1 rings (SSSR count). The van der Waals surface area contributed by atoms with Crippen LogP contribution >= 0.6 is 0 Å². The first-order chi connectivity index (χ1) is 7.41. The zero-order chi connectivity index (χ0) is 12.3. The van der Waals surface area contributed by atoms with E-state index in [1.54, 1.807) is 0 Å². The van der Waals surface area contributed by atoms with Crippen LogP contribution in [-0.4, -0.2) is 32.4 Å². The molecule has 6 nitrogen and oxygen atoms in total. The molecular weight excluding hydrogens is 219 g/mol. The summed E-state index contributed by atoms with van der Waals surface area (Å²) in [5.74, 6) is -2.16. The predicted octanol–water partition coefficient (Wildman–Crippen LogP) is -0.328. The molecule has 0 radical (unpaired) electrons. The van der Waals surface area contributed by atoms with Crippen LogP contribution in [0.2, 0.25) is 0 Å².